The number of aryl methyl sites for hydroxylation is 1. The van der Waals surface area contributed by atoms with Crippen molar-refractivity contribution in [2.75, 3.05) is 17.5 Å². The molecule has 0 bridgehead atoms. The van der Waals surface area contributed by atoms with E-state index in [0.717, 1.165) is 11.3 Å². The van der Waals surface area contributed by atoms with Gasteiger partial charge in [-0.1, -0.05) is 0 Å². The predicted molar refractivity (Wildman–Crippen MR) is 84.9 cm³/mol. The van der Waals surface area contributed by atoms with Crippen LogP contribution in [0.15, 0.2) is 46.5 Å². The molecule has 0 spiro atoms. The average molecular weight is 326 g/mol. The van der Waals surface area contributed by atoms with E-state index in [0.29, 0.717) is 18.8 Å². The molecule has 0 saturated carbocycles. The van der Waals surface area contributed by atoms with Gasteiger partial charge in [-0.3, -0.25) is 9.40 Å². The Balaban J connectivity index is 2.11. The lowest BCUT2D eigenvalue weighted by Gasteiger charge is -2.06. The van der Waals surface area contributed by atoms with Crippen molar-refractivity contribution in [3.63, 3.8) is 0 Å². The van der Waals surface area contributed by atoms with Gasteiger partial charge in [-0.2, -0.15) is 5.10 Å². The molecule has 0 atom stereocenters. The number of hydrogen-bond donors (Lipinski definition) is 2. The summed E-state index contributed by atoms with van der Waals surface area (Å²) in [5.74, 6) is 0. The summed E-state index contributed by atoms with van der Waals surface area (Å²) in [5, 5.41) is 4.03. The van der Waals surface area contributed by atoms with Crippen molar-refractivity contribution in [1.29, 1.82) is 0 Å². The van der Waals surface area contributed by atoms with Gasteiger partial charge in [0.2, 0.25) is 0 Å². The monoisotopic (exact) mass is 326 g/mol. The van der Waals surface area contributed by atoms with Crippen molar-refractivity contribution in [3.05, 3.63) is 36.7 Å². The molecule has 0 amide bonds. The molecule has 0 aliphatic rings. The summed E-state index contributed by atoms with van der Waals surface area (Å²) in [6.07, 6.45) is 5.57. The number of nitrogens with one attached hydrogen (secondary N) is 1. The van der Waals surface area contributed by atoms with Crippen LogP contribution in [-0.4, -0.2) is 31.0 Å². The van der Waals surface area contributed by atoms with E-state index in [9.17, 15) is 8.42 Å². The normalized spacial score (nSPS) is 11.5. The largest absolute Gasteiger partial charge is 0.330 e. The maximum Gasteiger partial charge on any atom is 0.265 e. The molecule has 114 valence electrons. The van der Waals surface area contributed by atoms with Gasteiger partial charge < -0.3 is 5.73 Å². The van der Waals surface area contributed by atoms with Crippen LogP contribution in [0.25, 0.3) is 0 Å². The van der Waals surface area contributed by atoms with Crippen LogP contribution in [0, 0.1) is 0 Å². The van der Waals surface area contributed by atoms with Gasteiger partial charge >= 0.3 is 0 Å². The minimum Gasteiger partial charge on any atom is -0.330 e. The Labute approximate surface area is 128 Å². The minimum atomic E-state index is -3.61. The molecule has 0 saturated heterocycles. The first kappa shape index (κ1) is 15.9. The third kappa shape index (κ3) is 4.23. The molecule has 1 aromatic heterocycles. The summed E-state index contributed by atoms with van der Waals surface area (Å²) in [7, 11) is -3.61. The van der Waals surface area contributed by atoms with E-state index < -0.39 is 10.0 Å². The van der Waals surface area contributed by atoms with Crippen LogP contribution < -0.4 is 10.5 Å². The number of aromatic nitrogens is 2. The molecule has 1 aromatic carbocycles. The number of anilines is 1. The topological polar surface area (TPSA) is 90.0 Å². The van der Waals surface area contributed by atoms with Gasteiger partial charge in [0.25, 0.3) is 10.0 Å². The molecule has 2 rings (SSSR count). The second-order valence-electron chi connectivity index (χ2n) is 4.42. The maximum atomic E-state index is 12.2. The fraction of sp³-hybridized carbons (Fsp3) is 0.308. The maximum absolute atomic E-state index is 12.2. The van der Waals surface area contributed by atoms with E-state index in [-0.39, 0.29) is 4.90 Å². The smallest absolute Gasteiger partial charge is 0.265 e. The second-order valence-corrected chi connectivity index (χ2v) is 6.98. The third-order valence-corrected chi connectivity index (χ3v) is 4.93. The molecule has 0 radical (unpaired) electrons. The molecule has 6 nitrogen and oxygen atoms in total. The first-order valence-electron chi connectivity index (χ1n) is 6.44. The Morgan fingerprint density at radius 1 is 1.33 bits per heavy atom. The first-order valence-corrected chi connectivity index (χ1v) is 9.15. The molecule has 21 heavy (non-hydrogen) atoms. The van der Waals surface area contributed by atoms with E-state index in [1.54, 1.807) is 28.6 Å². The highest BCUT2D eigenvalue weighted by atomic mass is 32.2. The Morgan fingerprint density at radius 2 is 2.05 bits per heavy atom. The summed E-state index contributed by atoms with van der Waals surface area (Å²) in [4.78, 5) is 1.22. The highest BCUT2D eigenvalue weighted by Gasteiger charge is 2.16. The Kier molecular flexibility index (Phi) is 5.27. The second kappa shape index (κ2) is 6.97. The van der Waals surface area contributed by atoms with Crippen LogP contribution in [0.5, 0.6) is 0 Å². The summed E-state index contributed by atoms with van der Waals surface area (Å²) in [5.41, 5.74) is 5.95. The van der Waals surface area contributed by atoms with Crippen molar-refractivity contribution in [2.24, 2.45) is 5.73 Å². The van der Waals surface area contributed by atoms with Gasteiger partial charge in [0.05, 0.1) is 6.20 Å². The zero-order valence-electron chi connectivity index (χ0n) is 11.7. The van der Waals surface area contributed by atoms with Crippen LogP contribution in [0.2, 0.25) is 0 Å². The van der Waals surface area contributed by atoms with Crippen LogP contribution in [0.1, 0.15) is 6.42 Å². The Bertz CT molecular complexity index is 680. The molecule has 1 heterocycles. The molecule has 0 unspecified atom stereocenters. The number of nitrogens with zero attached hydrogens (tertiary/aromatic N) is 2. The standard InChI is InChI=1S/C13H18N4O2S2/c1-20-12-5-3-11(4-6-12)16-21(18,19)13-9-15-17(10-13)8-2-7-14/h3-6,9-10,16H,2,7-8,14H2,1H3. The number of rotatable bonds is 7. The lowest BCUT2D eigenvalue weighted by atomic mass is 10.3. The average Bonchev–Trinajstić information content (AvgIpc) is 2.95. The van der Waals surface area contributed by atoms with Crippen molar-refractivity contribution < 1.29 is 8.42 Å². The Hall–Kier alpha value is -1.51. The van der Waals surface area contributed by atoms with Crippen LogP contribution in [0.4, 0.5) is 5.69 Å². The summed E-state index contributed by atoms with van der Waals surface area (Å²) in [6.45, 7) is 1.15. The SMILES string of the molecule is CSc1ccc(NS(=O)(=O)c2cnn(CCCN)c2)cc1. The molecular formula is C13H18N4O2S2. The number of nitrogens with two attached hydrogens (primary N) is 1. The first-order chi connectivity index (χ1) is 10.0. The third-order valence-electron chi connectivity index (χ3n) is 2.85. The minimum absolute atomic E-state index is 0.147. The zero-order chi connectivity index (χ0) is 15.3. The molecular weight excluding hydrogens is 308 g/mol. The Morgan fingerprint density at radius 3 is 2.67 bits per heavy atom. The highest BCUT2D eigenvalue weighted by molar-refractivity contribution is 7.98. The lowest BCUT2D eigenvalue weighted by Crippen LogP contribution is -2.12. The summed E-state index contributed by atoms with van der Waals surface area (Å²) in [6, 6.07) is 7.21. The highest BCUT2D eigenvalue weighted by Crippen LogP contribution is 2.20. The van der Waals surface area contributed by atoms with Crippen molar-refractivity contribution in [2.45, 2.75) is 22.8 Å². The van der Waals surface area contributed by atoms with Gasteiger partial charge in [-0.15, -0.1) is 11.8 Å². The molecule has 2 aromatic rings. The number of benzene rings is 1. The van der Waals surface area contributed by atoms with Crippen molar-refractivity contribution >= 4 is 27.5 Å². The van der Waals surface area contributed by atoms with Crippen LogP contribution in [0.3, 0.4) is 0 Å². The van der Waals surface area contributed by atoms with E-state index in [1.165, 1.54) is 12.4 Å². The van der Waals surface area contributed by atoms with Gasteiger partial charge in [0, 0.05) is 23.3 Å². The molecule has 0 aliphatic heterocycles. The number of thioether (sulfide) groups is 1. The predicted octanol–water partition coefficient (Wildman–Crippen LogP) is 1.75. The number of sulfonamides is 1. The molecule has 8 heteroatoms. The van der Waals surface area contributed by atoms with E-state index >= 15 is 0 Å². The van der Waals surface area contributed by atoms with Gasteiger partial charge in [-0.05, 0) is 43.5 Å². The molecule has 3 N–H and O–H groups in total. The fourth-order valence-corrected chi connectivity index (χ4v) is 3.15. The zero-order valence-corrected chi connectivity index (χ0v) is 13.3. The number of hydrogen-bond acceptors (Lipinski definition) is 5. The molecule has 0 aliphatic carbocycles. The summed E-state index contributed by atoms with van der Waals surface area (Å²) < 4.78 is 28.6. The van der Waals surface area contributed by atoms with Crippen LogP contribution >= 0.6 is 11.8 Å². The van der Waals surface area contributed by atoms with Crippen molar-refractivity contribution in [1.82, 2.24) is 9.78 Å². The van der Waals surface area contributed by atoms with E-state index in [1.807, 2.05) is 18.4 Å². The van der Waals surface area contributed by atoms with Gasteiger partial charge in [-0.25, -0.2) is 8.42 Å². The van der Waals surface area contributed by atoms with Crippen molar-refractivity contribution in [3.8, 4) is 0 Å². The van der Waals surface area contributed by atoms with Gasteiger partial charge in [0.1, 0.15) is 4.90 Å². The van der Waals surface area contributed by atoms with Gasteiger partial charge in [0.15, 0.2) is 0 Å². The lowest BCUT2D eigenvalue weighted by molar-refractivity contribution is 0.582. The fourth-order valence-electron chi connectivity index (χ4n) is 1.73. The van der Waals surface area contributed by atoms with E-state index in [4.69, 9.17) is 5.73 Å². The molecule has 0 fully saturated rings. The quantitative estimate of drug-likeness (QED) is 0.757. The van der Waals surface area contributed by atoms with Crippen LogP contribution in [-0.2, 0) is 16.6 Å². The summed E-state index contributed by atoms with van der Waals surface area (Å²) >= 11 is 1.60. The van der Waals surface area contributed by atoms with E-state index in [2.05, 4.69) is 9.82 Å².